The summed E-state index contributed by atoms with van der Waals surface area (Å²) < 4.78 is 9.81. The van der Waals surface area contributed by atoms with Crippen LogP contribution in [0.25, 0.3) is 0 Å². The topological polar surface area (TPSA) is 18.5 Å². The number of hydrogen-bond donors (Lipinski definition) is 0. The van der Waals surface area contributed by atoms with Crippen LogP contribution in [0.3, 0.4) is 0 Å². The molecule has 0 aromatic rings. The zero-order valence-electron chi connectivity index (χ0n) is 7.18. The molecule has 0 atom stereocenters. The number of rotatable bonds is 4. The standard InChI is InChI=1S/C7H13O2.Li/c1-5-7(2,3)9-6-8-4;/h1,5H,6H2,2-4H3;/q-1;+1. The van der Waals surface area contributed by atoms with Gasteiger partial charge in [-0.15, -0.1) is 0 Å². The molecule has 0 unspecified atom stereocenters. The van der Waals surface area contributed by atoms with Crippen LogP contribution in [0.5, 0.6) is 0 Å². The molecule has 0 amide bonds. The van der Waals surface area contributed by atoms with Crippen LogP contribution < -0.4 is 18.9 Å². The summed E-state index contributed by atoms with van der Waals surface area (Å²) >= 11 is 0. The zero-order valence-corrected chi connectivity index (χ0v) is 7.18. The Hall–Kier alpha value is 0.257. The number of methoxy groups -OCH3 is 1. The summed E-state index contributed by atoms with van der Waals surface area (Å²) in [5, 5.41) is 0. The van der Waals surface area contributed by atoms with E-state index in [9.17, 15) is 0 Å². The molecule has 0 N–H and O–H groups in total. The van der Waals surface area contributed by atoms with Crippen molar-refractivity contribution in [2.24, 2.45) is 0 Å². The van der Waals surface area contributed by atoms with Gasteiger partial charge in [-0.2, -0.15) is 0 Å². The first-order chi connectivity index (χ1) is 4.12. The van der Waals surface area contributed by atoms with Gasteiger partial charge >= 0.3 is 18.9 Å². The minimum Gasteiger partial charge on any atom is -0.515 e. The molecule has 0 saturated heterocycles. The minimum atomic E-state index is -0.379. The van der Waals surface area contributed by atoms with Crippen molar-refractivity contribution in [3.05, 3.63) is 12.7 Å². The Balaban J connectivity index is 0. The van der Waals surface area contributed by atoms with Crippen molar-refractivity contribution in [1.82, 2.24) is 0 Å². The van der Waals surface area contributed by atoms with Crippen LogP contribution in [-0.2, 0) is 9.47 Å². The largest absolute Gasteiger partial charge is 1.00 e. The smallest absolute Gasteiger partial charge is 0.515 e. The average molecular weight is 136 g/mol. The predicted molar refractivity (Wildman–Crippen MR) is 35.9 cm³/mol. The molecule has 3 heteroatoms. The molecule has 0 spiro atoms. The minimum absolute atomic E-state index is 0. The van der Waals surface area contributed by atoms with Gasteiger partial charge in [0.1, 0.15) is 6.79 Å². The van der Waals surface area contributed by atoms with Crippen molar-refractivity contribution in [2.45, 2.75) is 19.4 Å². The van der Waals surface area contributed by atoms with Gasteiger partial charge in [-0.3, -0.25) is 0 Å². The van der Waals surface area contributed by atoms with E-state index in [1.807, 2.05) is 13.8 Å². The second-order valence-electron chi connectivity index (χ2n) is 2.32. The van der Waals surface area contributed by atoms with Gasteiger partial charge in [-0.1, -0.05) is 0 Å². The molecule has 0 aromatic carbocycles. The van der Waals surface area contributed by atoms with Crippen LogP contribution in [0.2, 0.25) is 0 Å². The second-order valence-corrected chi connectivity index (χ2v) is 2.32. The molecule has 0 fully saturated rings. The van der Waals surface area contributed by atoms with Gasteiger partial charge in [0.05, 0.1) is 5.60 Å². The van der Waals surface area contributed by atoms with Gasteiger partial charge in [0.25, 0.3) is 0 Å². The normalized spacial score (nSPS) is 10.3. The molecule has 0 aliphatic heterocycles. The summed E-state index contributed by atoms with van der Waals surface area (Å²) in [4.78, 5) is 0. The van der Waals surface area contributed by atoms with E-state index >= 15 is 0 Å². The maximum atomic E-state index is 5.24. The Kier molecular flexibility index (Phi) is 7.73. The Labute approximate surface area is 74.8 Å². The monoisotopic (exact) mass is 136 g/mol. The molecular formula is C7H13LiO2. The van der Waals surface area contributed by atoms with Crippen molar-refractivity contribution in [3.8, 4) is 0 Å². The Morgan fingerprint density at radius 2 is 2.00 bits per heavy atom. The van der Waals surface area contributed by atoms with E-state index in [1.165, 1.54) is 6.08 Å². The van der Waals surface area contributed by atoms with Crippen molar-refractivity contribution < 1.29 is 28.3 Å². The van der Waals surface area contributed by atoms with E-state index in [0.29, 0.717) is 0 Å². The molecule has 0 bridgehead atoms. The zero-order chi connectivity index (χ0) is 7.33. The van der Waals surface area contributed by atoms with Gasteiger partial charge in [-0.05, 0) is 13.8 Å². The number of hydrogen-bond acceptors (Lipinski definition) is 2. The Morgan fingerprint density at radius 3 is 2.30 bits per heavy atom. The van der Waals surface area contributed by atoms with E-state index in [1.54, 1.807) is 7.11 Å². The molecule has 0 saturated carbocycles. The predicted octanol–water partition coefficient (Wildman–Crippen LogP) is -1.62. The quantitative estimate of drug-likeness (QED) is 0.263. The molecule has 10 heavy (non-hydrogen) atoms. The summed E-state index contributed by atoms with van der Waals surface area (Å²) in [6.07, 6.45) is 1.49. The van der Waals surface area contributed by atoms with Gasteiger partial charge in [-0.25, -0.2) is 6.08 Å². The molecule has 0 rings (SSSR count). The molecular weight excluding hydrogens is 123 g/mol. The fourth-order valence-electron chi connectivity index (χ4n) is 0.259. The molecule has 0 aliphatic rings. The van der Waals surface area contributed by atoms with E-state index in [-0.39, 0.29) is 31.3 Å². The summed E-state index contributed by atoms with van der Waals surface area (Å²) in [6, 6.07) is 0. The van der Waals surface area contributed by atoms with Crippen LogP contribution >= 0.6 is 0 Å². The second kappa shape index (κ2) is 6.00. The van der Waals surface area contributed by atoms with E-state index < -0.39 is 0 Å². The molecule has 0 heterocycles. The van der Waals surface area contributed by atoms with Crippen LogP contribution in [-0.4, -0.2) is 19.5 Å². The fraction of sp³-hybridized carbons (Fsp3) is 0.714. The van der Waals surface area contributed by atoms with Crippen molar-refractivity contribution >= 4 is 0 Å². The van der Waals surface area contributed by atoms with Crippen LogP contribution in [0, 0.1) is 6.58 Å². The maximum absolute atomic E-state index is 5.24. The average Bonchev–Trinajstić information content (AvgIpc) is 1.84. The summed E-state index contributed by atoms with van der Waals surface area (Å²) in [5.41, 5.74) is -0.379. The summed E-state index contributed by atoms with van der Waals surface area (Å²) in [7, 11) is 1.58. The van der Waals surface area contributed by atoms with Crippen LogP contribution in [0.1, 0.15) is 13.8 Å². The first kappa shape index (κ1) is 12.9. The van der Waals surface area contributed by atoms with Crippen molar-refractivity contribution in [1.29, 1.82) is 0 Å². The molecule has 0 aliphatic carbocycles. The third-order valence-electron chi connectivity index (χ3n) is 0.950. The SMILES string of the molecule is [CH-]=CC(C)(C)OCOC.[Li+]. The van der Waals surface area contributed by atoms with Gasteiger partial charge in [0.2, 0.25) is 0 Å². The van der Waals surface area contributed by atoms with Gasteiger partial charge in [0.15, 0.2) is 0 Å². The summed E-state index contributed by atoms with van der Waals surface area (Å²) in [6.45, 7) is 9.25. The molecule has 54 valence electrons. The number of ether oxygens (including phenoxy) is 2. The molecule has 0 aromatic heterocycles. The third kappa shape index (κ3) is 6.38. The fourth-order valence-corrected chi connectivity index (χ4v) is 0.259. The van der Waals surface area contributed by atoms with Crippen molar-refractivity contribution in [2.75, 3.05) is 13.9 Å². The van der Waals surface area contributed by atoms with Crippen molar-refractivity contribution in [3.63, 3.8) is 0 Å². The molecule has 2 nitrogen and oxygen atoms in total. The third-order valence-corrected chi connectivity index (χ3v) is 0.950. The van der Waals surface area contributed by atoms with E-state index in [0.717, 1.165) is 0 Å². The van der Waals surface area contributed by atoms with Crippen LogP contribution in [0.15, 0.2) is 6.08 Å². The van der Waals surface area contributed by atoms with Gasteiger partial charge < -0.3 is 16.1 Å². The van der Waals surface area contributed by atoms with Crippen LogP contribution in [0.4, 0.5) is 0 Å². The maximum Gasteiger partial charge on any atom is 1.00 e. The first-order valence-corrected chi connectivity index (χ1v) is 2.81. The Morgan fingerprint density at radius 1 is 1.50 bits per heavy atom. The molecule has 0 radical (unpaired) electrons. The van der Waals surface area contributed by atoms with E-state index in [2.05, 4.69) is 4.74 Å². The summed E-state index contributed by atoms with van der Waals surface area (Å²) in [5.74, 6) is 0. The first-order valence-electron chi connectivity index (χ1n) is 2.81. The Bertz CT molecular complexity index is 91.6. The van der Waals surface area contributed by atoms with Gasteiger partial charge in [0, 0.05) is 7.11 Å². The van der Waals surface area contributed by atoms with E-state index in [4.69, 9.17) is 11.3 Å².